The molecule has 0 bridgehead atoms. The second-order valence-electron chi connectivity index (χ2n) is 8.56. The number of aromatic nitrogens is 3. The number of thiophene rings is 1. The van der Waals surface area contributed by atoms with Crippen molar-refractivity contribution in [3.8, 4) is 5.75 Å². The van der Waals surface area contributed by atoms with Crippen molar-refractivity contribution in [2.75, 3.05) is 13.2 Å². The summed E-state index contributed by atoms with van der Waals surface area (Å²) in [7, 11) is 0. The van der Waals surface area contributed by atoms with Crippen molar-refractivity contribution >= 4 is 28.8 Å². The van der Waals surface area contributed by atoms with Gasteiger partial charge < -0.3 is 15.0 Å². The van der Waals surface area contributed by atoms with Crippen molar-refractivity contribution in [1.29, 1.82) is 0 Å². The summed E-state index contributed by atoms with van der Waals surface area (Å²) in [5.74, 6) is 0.362. The van der Waals surface area contributed by atoms with Gasteiger partial charge in [-0.05, 0) is 65.4 Å². The van der Waals surface area contributed by atoms with Gasteiger partial charge in [0, 0.05) is 31.9 Å². The van der Waals surface area contributed by atoms with Gasteiger partial charge in [-0.25, -0.2) is 9.50 Å². The Kier molecular flexibility index (Phi) is 7.04. The molecule has 0 saturated carbocycles. The zero-order valence-corrected chi connectivity index (χ0v) is 20.1. The highest BCUT2D eigenvalue weighted by Crippen LogP contribution is 2.23. The van der Waals surface area contributed by atoms with Gasteiger partial charge in [-0.2, -0.15) is 16.4 Å². The molecule has 1 saturated heterocycles. The highest BCUT2D eigenvalue weighted by molar-refractivity contribution is 7.07. The van der Waals surface area contributed by atoms with E-state index in [0.717, 1.165) is 30.6 Å². The van der Waals surface area contributed by atoms with Crippen LogP contribution in [0.1, 0.15) is 40.7 Å². The number of carbonyl (C=O) groups excluding carboxylic acids is 2. The molecule has 0 unspecified atom stereocenters. The summed E-state index contributed by atoms with van der Waals surface area (Å²) in [6.07, 6.45) is 8.12. The molecule has 1 fully saturated rings. The molecule has 0 radical (unpaired) electrons. The zero-order valence-electron chi connectivity index (χ0n) is 19.3. The number of benzene rings is 1. The average Bonchev–Trinajstić information content (AvgIpc) is 3.50. The van der Waals surface area contributed by atoms with Crippen LogP contribution in [0.4, 0.5) is 0 Å². The van der Waals surface area contributed by atoms with Crippen LogP contribution < -0.4 is 10.1 Å². The molecular formula is C26H27N5O3S. The molecule has 1 aromatic carbocycles. The minimum atomic E-state index is -0.563. The van der Waals surface area contributed by atoms with Crippen LogP contribution in [0.15, 0.2) is 65.7 Å². The number of hydrogen-bond acceptors (Lipinski definition) is 6. The third kappa shape index (κ3) is 5.35. The molecule has 4 heterocycles. The molecule has 2 amide bonds. The van der Waals surface area contributed by atoms with E-state index >= 15 is 0 Å². The number of nitrogens with one attached hydrogen (secondary N) is 1. The van der Waals surface area contributed by atoms with Gasteiger partial charge in [-0.15, -0.1) is 0 Å². The molecule has 1 N–H and O–H groups in total. The van der Waals surface area contributed by atoms with Crippen LogP contribution in [0.5, 0.6) is 5.75 Å². The molecule has 0 aliphatic carbocycles. The maximum atomic E-state index is 13.8. The first-order valence-corrected chi connectivity index (χ1v) is 12.7. The number of rotatable bonds is 8. The minimum absolute atomic E-state index is 0.122. The van der Waals surface area contributed by atoms with Crippen molar-refractivity contribution < 1.29 is 14.3 Å². The van der Waals surface area contributed by atoms with E-state index < -0.39 is 6.04 Å². The van der Waals surface area contributed by atoms with Crippen LogP contribution in [0, 0.1) is 0 Å². The maximum Gasteiger partial charge on any atom is 0.260 e. The molecule has 9 heteroatoms. The van der Waals surface area contributed by atoms with E-state index in [2.05, 4.69) is 32.2 Å². The van der Waals surface area contributed by atoms with Crippen molar-refractivity contribution in [2.24, 2.45) is 0 Å². The fourth-order valence-corrected chi connectivity index (χ4v) is 5.03. The van der Waals surface area contributed by atoms with Crippen molar-refractivity contribution in [1.82, 2.24) is 24.8 Å². The second-order valence-corrected chi connectivity index (χ2v) is 9.34. The zero-order chi connectivity index (χ0) is 24.0. The summed E-state index contributed by atoms with van der Waals surface area (Å²) in [4.78, 5) is 32.7. The van der Waals surface area contributed by atoms with E-state index in [0.29, 0.717) is 30.8 Å². The number of ether oxygens (including phenoxy) is 1. The van der Waals surface area contributed by atoms with Gasteiger partial charge in [0.25, 0.3) is 5.91 Å². The first-order chi connectivity index (χ1) is 17.2. The second kappa shape index (κ2) is 10.7. The first-order valence-electron chi connectivity index (χ1n) is 11.8. The molecule has 1 atom stereocenters. The molecule has 3 aromatic heterocycles. The van der Waals surface area contributed by atoms with Gasteiger partial charge in [0.1, 0.15) is 17.4 Å². The monoisotopic (exact) mass is 489 g/mol. The Morgan fingerprint density at radius 3 is 3.06 bits per heavy atom. The maximum absolute atomic E-state index is 13.8. The predicted molar refractivity (Wildman–Crippen MR) is 133 cm³/mol. The van der Waals surface area contributed by atoms with Gasteiger partial charge in [-0.1, -0.05) is 12.1 Å². The van der Waals surface area contributed by atoms with E-state index in [1.807, 2.05) is 24.3 Å². The Hall–Kier alpha value is -3.72. The molecule has 0 spiro atoms. The lowest BCUT2D eigenvalue weighted by atomic mass is 10.1. The Morgan fingerprint density at radius 1 is 1.23 bits per heavy atom. The third-order valence-corrected chi connectivity index (χ3v) is 6.88. The van der Waals surface area contributed by atoms with Crippen molar-refractivity contribution in [2.45, 2.75) is 38.3 Å². The first kappa shape index (κ1) is 23.0. The standard InChI is InChI=1S/C26H27N5O3S/c32-25-23(7-1-2-10-28-25)30(26(33)22-16-29-31-12-4-11-27-24(22)31)17-20-5-3-6-21(15-20)34-13-8-19-9-14-35-18-19/h3-6,9,11-12,14-16,18,23H,1-2,7-8,10,13,17H2,(H,28,32)/t23-/m0/s1. The van der Waals surface area contributed by atoms with E-state index in [1.165, 1.54) is 11.8 Å². The van der Waals surface area contributed by atoms with Crippen LogP contribution in [0.25, 0.3) is 5.65 Å². The molecule has 1 aliphatic rings. The largest absolute Gasteiger partial charge is 0.493 e. The molecule has 4 aromatic rings. The summed E-state index contributed by atoms with van der Waals surface area (Å²) >= 11 is 1.68. The SMILES string of the molecule is O=C1NCCCC[C@@H]1N(Cc1cccc(OCCc2ccsc2)c1)C(=O)c1cnn2cccnc12. The smallest absolute Gasteiger partial charge is 0.260 e. The lowest BCUT2D eigenvalue weighted by Crippen LogP contribution is -2.48. The summed E-state index contributed by atoms with van der Waals surface area (Å²) in [6.45, 7) is 1.48. The normalized spacial score (nSPS) is 16.0. The Labute approximate surface area is 207 Å². The van der Waals surface area contributed by atoms with Crippen LogP contribution >= 0.6 is 11.3 Å². The number of nitrogens with zero attached hydrogens (tertiary/aromatic N) is 4. The fraction of sp³-hybridized carbons (Fsp3) is 0.308. The van der Waals surface area contributed by atoms with E-state index in [1.54, 1.807) is 39.2 Å². The molecule has 180 valence electrons. The lowest BCUT2D eigenvalue weighted by Gasteiger charge is -2.30. The number of amides is 2. The number of fused-ring (bicyclic) bond motifs is 1. The molecule has 1 aliphatic heterocycles. The Morgan fingerprint density at radius 2 is 2.17 bits per heavy atom. The van der Waals surface area contributed by atoms with Crippen LogP contribution in [-0.4, -0.2) is 50.5 Å². The fourth-order valence-electron chi connectivity index (χ4n) is 4.33. The summed E-state index contributed by atoms with van der Waals surface area (Å²) < 4.78 is 7.55. The van der Waals surface area contributed by atoms with E-state index in [9.17, 15) is 9.59 Å². The van der Waals surface area contributed by atoms with Crippen LogP contribution in [-0.2, 0) is 17.8 Å². The number of carbonyl (C=O) groups is 2. The molecule has 8 nitrogen and oxygen atoms in total. The topological polar surface area (TPSA) is 88.8 Å². The van der Waals surface area contributed by atoms with Crippen LogP contribution in [0.2, 0.25) is 0 Å². The molecule has 5 rings (SSSR count). The van der Waals surface area contributed by atoms with Crippen LogP contribution in [0.3, 0.4) is 0 Å². The van der Waals surface area contributed by atoms with Gasteiger partial charge in [0.15, 0.2) is 5.65 Å². The summed E-state index contributed by atoms with van der Waals surface area (Å²) in [5, 5.41) is 11.4. The predicted octanol–water partition coefficient (Wildman–Crippen LogP) is 3.72. The number of hydrogen-bond donors (Lipinski definition) is 1. The van der Waals surface area contributed by atoms with Gasteiger partial charge in [0.2, 0.25) is 5.91 Å². The Balaban J connectivity index is 1.39. The minimum Gasteiger partial charge on any atom is -0.493 e. The van der Waals surface area contributed by atoms with Crippen molar-refractivity contribution in [3.05, 3.63) is 82.4 Å². The average molecular weight is 490 g/mol. The van der Waals surface area contributed by atoms with Gasteiger partial charge in [0.05, 0.1) is 12.8 Å². The summed E-state index contributed by atoms with van der Waals surface area (Å²) in [5.41, 5.74) is 3.00. The van der Waals surface area contributed by atoms with Gasteiger partial charge in [-0.3, -0.25) is 9.59 Å². The third-order valence-electron chi connectivity index (χ3n) is 6.14. The van der Waals surface area contributed by atoms with Crippen molar-refractivity contribution in [3.63, 3.8) is 0 Å². The Bertz CT molecular complexity index is 1300. The van der Waals surface area contributed by atoms with Gasteiger partial charge >= 0.3 is 0 Å². The highest BCUT2D eigenvalue weighted by atomic mass is 32.1. The quantitative estimate of drug-likeness (QED) is 0.408. The van der Waals surface area contributed by atoms with E-state index in [-0.39, 0.29) is 18.4 Å². The lowest BCUT2D eigenvalue weighted by molar-refractivity contribution is -0.125. The highest BCUT2D eigenvalue weighted by Gasteiger charge is 2.33. The molecule has 35 heavy (non-hydrogen) atoms. The van der Waals surface area contributed by atoms with E-state index in [4.69, 9.17) is 4.74 Å². The molecular weight excluding hydrogens is 462 g/mol. The summed E-state index contributed by atoms with van der Waals surface area (Å²) in [6, 6.07) is 11.0.